The molecule has 2 aliphatic heterocycles. The van der Waals surface area contributed by atoms with E-state index in [4.69, 9.17) is 19.2 Å². The Hall–Kier alpha value is -9.59. The van der Waals surface area contributed by atoms with Crippen LogP contribution in [0.5, 0.6) is 11.5 Å². The molecule has 2 aliphatic rings. The Bertz CT molecular complexity index is 4010. The SMILES string of the molecule is CCc1c2c(nc3ccc(OC(=O)c4ccc(CN(CCCCOc5cc(CN(Cc6ccccn6)Cc6ccccn6)cc(CN(Cc6ccccn6)Cc6ccccn6)c5)C(=O)c5cccs5)cc4)cc13)-c1cc3c(c(=O)n1C2)COC(=O)C3(O)CC. The monoisotopic (exact) mass is 1210 g/mol. The average Bonchev–Trinajstić information content (AvgIpc) is 1.67. The quantitative estimate of drug-likeness (QED) is 0.0322. The summed E-state index contributed by atoms with van der Waals surface area (Å²) >= 11 is 1.40. The number of rotatable bonds is 25. The Kier molecular flexibility index (Phi) is 18.3. The summed E-state index contributed by atoms with van der Waals surface area (Å²) in [4.78, 5) is 85.4. The Morgan fingerprint density at radius 3 is 1.82 bits per heavy atom. The number of benzene rings is 3. The summed E-state index contributed by atoms with van der Waals surface area (Å²) in [5.41, 5.74) is 9.05. The predicted molar refractivity (Wildman–Crippen MR) is 338 cm³/mol. The van der Waals surface area contributed by atoms with Crippen molar-refractivity contribution in [3.8, 4) is 22.9 Å². The van der Waals surface area contributed by atoms with E-state index < -0.39 is 17.5 Å². The Morgan fingerprint density at radius 1 is 0.652 bits per heavy atom. The lowest BCUT2D eigenvalue weighted by atomic mass is 9.86. The number of carbonyl (C=O) groups excluding carboxylic acids is 3. The lowest BCUT2D eigenvalue weighted by molar-refractivity contribution is -0.172. The van der Waals surface area contributed by atoms with E-state index in [1.165, 1.54) is 11.3 Å². The molecule has 9 heterocycles. The largest absolute Gasteiger partial charge is 0.494 e. The molecular weight excluding hydrogens is 1140 g/mol. The second kappa shape index (κ2) is 27.2. The summed E-state index contributed by atoms with van der Waals surface area (Å²) in [7, 11) is 0. The van der Waals surface area contributed by atoms with Crippen molar-refractivity contribution in [1.29, 1.82) is 0 Å². The second-order valence-electron chi connectivity index (χ2n) is 22.5. The average molecular weight is 1210 g/mol. The maximum Gasteiger partial charge on any atom is 0.343 e. The molecule has 1 amide bonds. The Labute approximate surface area is 519 Å². The number of aryl methyl sites for hydroxylation is 1. The molecule has 3 aromatic carbocycles. The molecule has 0 saturated heterocycles. The van der Waals surface area contributed by atoms with E-state index >= 15 is 0 Å². The van der Waals surface area contributed by atoms with Crippen LogP contribution in [0, 0.1) is 0 Å². The highest BCUT2D eigenvalue weighted by atomic mass is 32.1. The molecule has 1 atom stereocenters. The minimum Gasteiger partial charge on any atom is -0.494 e. The van der Waals surface area contributed by atoms with Gasteiger partial charge in [-0.25, -0.2) is 14.6 Å². The highest BCUT2D eigenvalue weighted by molar-refractivity contribution is 7.12. The van der Waals surface area contributed by atoms with Gasteiger partial charge in [-0.3, -0.25) is 39.3 Å². The van der Waals surface area contributed by atoms with Gasteiger partial charge in [0.1, 0.15) is 18.1 Å². The minimum absolute atomic E-state index is 0.0492. The number of nitrogens with zero attached hydrogens (tertiary/aromatic N) is 9. The third-order valence-corrected chi connectivity index (χ3v) is 17.2. The van der Waals surface area contributed by atoms with E-state index in [1.807, 2.05) is 139 Å². The molecule has 0 saturated carbocycles. The number of ether oxygens (including phenoxy) is 3. The molecular formula is C71H67N9O8S. The Balaban J connectivity index is 0.724. The summed E-state index contributed by atoms with van der Waals surface area (Å²) in [5.74, 6) is -0.302. The van der Waals surface area contributed by atoms with Crippen molar-refractivity contribution in [2.45, 2.75) is 104 Å². The maximum absolute atomic E-state index is 14.1. The van der Waals surface area contributed by atoms with Crippen LogP contribution in [0.4, 0.5) is 0 Å². The zero-order valence-corrected chi connectivity index (χ0v) is 50.5. The van der Waals surface area contributed by atoms with Crippen LogP contribution in [0.2, 0.25) is 0 Å². The van der Waals surface area contributed by atoms with Crippen LogP contribution in [0.1, 0.15) is 115 Å². The van der Waals surface area contributed by atoms with E-state index in [1.54, 1.807) is 47.9 Å². The number of pyridine rings is 6. The number of cyclic esters (lactones) is 1. The number of aliphatic hydroxyl groups is 1. The zero-order chi connectivity index (χ0) is 61.3. The van der Waals surface area contributed by atoms with Gasteiger partial charge in [0.25, 0.3) is 11.5 Å². The van der Waals surface area contributed by atoms with Gasteiger partial charge in [-0.05, 0) is 156 Å². The molecule has 12 rings (SSSR count). The maximum atomic E-state index is 14.1. The first-order valence-corrected chi connectivity index (χ1v) is 30.9. The number of hydrogen-bond acceptors (Lipinski definition) is 16. The fourth-order valence-electron chi connectivity index (χ4n) is 11.9. The molecule has 89 heavy (non-hydrogen) atoms. The number of hydrogen-bond donors (Lipinski definition) is 1. The molecule has 0 fully saturated rings. The van der Waals surface area contributed by atoms with Gasteiger partial charge in [-0.15, -0.1) is 11.3 Å². The smallest absolute Gasteiger partial charge is 0.343 e. The Morgan fingerprint density at radius 2 is 1.27 bits per heavy atom. The van der Waals surface area contributed by atoms with Crippen molar-refractivity contribution in [2.75, 3.05) is 13.2 Å². The highest BCUT2D eigenvalue weighted by Gasteiger charge is 2.45. The first-order chi connectivity index (χ1) is 43.5. The van der Waals surface area contributed by atoms with E-state index in [2.05, 4.69) is 47.9 Å². The number of amides is 1. The van der Waals surface area contributed by atoms with Gasteiger partial charge in [-0.1, -0.05) is 62.4 Å². The van der Waals surface area contributed by atoms with E-state index in [0.29, 0.717) is 111 Å². The van der Waals surface area contributed by atoms with Gasteiger partial charge < -0.3 is 28.8 Å². The second-order valence-corrected chi connectivity index (χ2v) is 23.4. The molecule has 0 spiro atoms. The number of esters is 2. The minimum atomic E-state index is -1.93. The lowest BCUT2D eigenvalue weighted by Gasteiger charge is -2.31. The number of fused-ring (bicyclic) bond motifs is 5. The summed E-state index contributed by atoms with van der Waals surface area (Å²) in [6, 6.07) is 48.3. The lowest BCUT2D eigenvalue weighted by Crippen LogP contribution is -2.44. The van der Waals surface area contributed by atoms with E-state index in [-0.39, 0.29) is 42.2 Å². The van der Waals surface area contributed by atoms with Crippen LogP contribution < -0.4 is 15.0 Å². The molecule has 450 valence electrons. The summed E-state index contributed by atoms with van der Waals surface area (Å²) < 4.78 is 19.5. The molecule has 0 bridgehead atoms. The first-order valence-electron chi connectivity index (χ1n) is 30.0. The first kappa shape index (κ1) is 59.7. The van der Waals surface area contributed by atoms with Crippen molar-refractivity contribution in [2.24, 2.45) is 0 Å². The van der Waals surface area contributed by atoms with Gasteiger partial charge in [0.2, 0.25) is 0 Å². The fourth-order valence-corrected chi connectivity index (χ4v) is 12.6. The molecule has 0 radical (unpaired) electrons. The van der Waals surface area contributed by atoms with Crippen LogP contribution in [-0.2, 0) is 80.5 Å². The third kappa shape index (κ3) is 13.8. The highest BCUT2D eigenvalue weighted by Crippen LogP contribution is 2.41. The van der Waals surface area contributed by atoms with Crippen LogP contribution in [0.3, 0.4) is 0 Å². The van der Waals surface area contributed by atoms with Gasteiger partial charge in [0.05, 0.1) is 68.8 Å². The number of carbonyl (C=O) groups is 3. The number of aromatic nitrogens is 6. The van der Waals surface area contributed by atoms with Crippen molar-refractivity contribution in [1.82, 2.24) is 44.2 Å². The standard InChI is InChI=1S/C71H67N9O8S/c1-3-58-59-37-56(25-26-63(59)76-66-60(58)46-80-64(66)38-62-61(67(80)81)47-87-70(84)71(62,85)4-2)88-69(83)51-23-21-48(22-24-51)41-79(68(82)65-20-15-33-89-65)31-13-14-32-86-57-35-49(39-77(42-52-16-5-9-27-72-52)43-53-17-6-10-28-73-53)34-50(36-57)40-78(44-54-18-7-11-29-74-54)45-55-19-8-12-30-75-55/h5-12,15-30,33-38,85H,3-4,13-14,31-32,39-47H2,1-2H3. The fraction of sp³-hybridized carbons (Fsp3) is 0.254. The molecule has 10 aromatic rings. The van der Waals surface area contributed by atoms with Crippen molar-refractivity contribution >= 4 is 40.1 Å². The van der Waals surface area contributed by atoms with Gasteiger partial charge >= 0.3 is 11.9 Å². The number of thiophene rings is 1. The topological polar surface area (TPSA) is 195 Å². The van der Waals surface area contributed by atoms with Crippen LogP contribution in [0.15, 0.2) is 187 Å². The molecule has 0 aliphatic carbocycles. The normalized spacial score (nSPS) is 14.1. The predicted octanol–water partition coefficient (Wildman–Crippen LogP) is 11.4. The van der Waals surface area contributed by atoms with Gasteiger partial charge in [0.15, 0.2) is 5.60 Å². The third-order valence-electron chi connectivity index (χ3n) is 16.3. The summed E-state index contributed by atoms with van der Waals surface area (Å²) in [6.45, 7) is 8.69. The summed E-state index contributed by atoms with van der Waals surface area (Å²) in [6.07, 6.45) is 9.31. The van der Waals surface area contributed by atoms with Crippen LogP contribution in [-0.4, -0.2) is 80.3 Å². The van der Waals surface area contributed by atoms with Crippen LogP contribution >= 0.6 is 11.3 Å². The van der Waals surface area contributed by atoms with Gasteiger partial charge in [0, 0.05) is 93.7 Å². The number of unbranched alkanes of at least 4 members (excludes halogenated alkanes) is 1. The zero-order valence-electron chi connectivity index (χ0n) is 49.7. The molecule has 7 aromatic heterocycles. The van der Waals surface area contributed by atoms with Crippen molar-refractivity contribution in [3.05, 3.63) is 264 Å². The van der Waals surface area contributed by atoms with E-state index in [9.17, 15) is 24.3 Å². The molecule has 18 heteroatoms. The molecule has 17 nitrogen and oxygen atoms in total. The van der Waals surface area contributed by atoms with Crippen molar-refractivity contribution in [3.63, 3.8) is 0 Å². The summed E-state index contributed by atoms with van der Waals surface area (Å²) in [5, 5.41) is 14.0. The van der Waals surface area contributed by atoms with Crippen molar-refractivity contribution < 1.29 is 33.7 Å². The molecule has 1 N–H and O–H groups in total. The van der Waals surface area contributed by atoms with Gasteiger partial charge in [-0.2, -0.15) is 0 Å². The van der Waals surface area contributed by atoms with E-state index in [0.717, 1.165) is 61.7 Å². The van der Waals surface area contributed by atoms with Crippen LogP contribution in [0.25, 0.3) is 22.3 Å². The molecule has 1 unspecified atom stereocenters.